The van der Waals surface area contributed by atoms with Gasteiger partial charge in [-0.3, -0.25) is 4.79 Å². The van der Waals surface area contributed by atoms with Gasteiger partial charge >= 0.3 is 5.97 Å². The molecule has 3 nitrogen and oxygen atoms in total. The van der Waals surface area contributed by atoms with Crippen molar-refractivity contribution in [3.05, 3.63) is 0 Å². The lowest BCUT2D eigenvalue weighted by atomic mass is 9.73. The van der Waals surface area contributed by atoms with Gasteiger partial charge in [-0.2, -0.15) is 0 Å². The van der Waals surface area contributed by atoms with E-state index in [9.17, 15) is 9.90 Å². The molecule has 1 fully saturated rings. The van der Waals surface area contributed by atoms with Crippen LogP contribution in [0.1, 0.15) is 52.9 Å². The predicted octanol–water partition coefficient (Wildman–Crippen LogP) is 2.75. The molecule has 0 aromatic carbocycles. The lowest BCUT2D eigenvalue weighted by Gasteiger charge is -2.39. The van der Waals surface area contributed by atoms with E-state index < -0.39 is 11.4 Å². The van der Waals surface area contributed by atoms with Crippen LogP contribution in [0.15, 0.2) is 0 Å². The highest BCUT2D eigenvalue weighted by atomic mass is 16.4. The molecule has 0 atom stereocenters. The van der Waals surface area contributed by atoms with E-state index >= 15 is 0 Å². The predicted molar refractivity (Wildman–Crippen MR) is 65.5 cm³/mol. The fourth-order valence-electron chi connectivity index (χ4n) is 2.72. The average molecular weight is 227 g/mol. The molecule has 0 radical (unpaired) electrons. The van der Waals surface area contributed by atoms with E-state index in [0.29, 0.717) is 6.04 Å². The van der Waals surface area contributed by atoms with Gasteiger partial charge in [0.1, 0.15) is 0 Å². The first-order valence-electron chi connectivity index (χ1n) is 6.49. The van der Waals surface area contributed by atoms with Crippen LogP contribution in [0, 0.1) is 5.41 Å². The monoisotopic (exact) mass is 227 g/mol. The van der Waals surface area contributed by atoms with Gasteiger partial charge in [-0.1, -0.05) is 26.2 Å². The maximum Gasteiger partial charge on any atom is 0.310 e. The molecule has 0 saturated heterocycles. The molecule has 1 saturated carbocycles. The molecule has 94 valence electrons. The van der Waals surface area contributed by atoms with Crippen LogP contribution in [0.2, 0.25) is 0 Å². The first-order valence-corrected chi connectivity index (χ1v) is 6.49. The maximum atomic E-state index is 11.5. The summed E-state index contributed by atoms with van der Waals surface area (Å²) in [5, 5.41) is 9.49. The third-order valence-corrected chi connectivity index (χ3v) is 3.91. The van der Waals surface area contributed by atoms with Gasteiger partial charge in [0.05, 0.1) is 5.41 Å². The lowest BCUT2D eigenvalue weighted by Crippen LogP contribution is -2.46. The summed E-state index contributed by atoms with van der Waals surface area (Å²) in [6.45, 7) is 8.05. The average Bonchev–Trinajstić information content (AvgIpc) is 2.26. The van der Waals surface area contributed by atoms with Crippen molar-refractivity contribution in [1.82, 2.24) is 4.90 Å². The number of hydrogen-bond acceptors (Lipinski definition) is 2. The van der Waals surface area contributed by atoms with E-state index in [0.717, 1.165) is 38.8 Å². The summed E-state index contributed by atoms with van der Waals surface area (Å²) in [6.07, 6.45) is 5.05. The molecular formula is C13H25NO2. The first-order chi connectivity index (χ1) is 7.52. The van der Waals surface area contributed by atoms with Gasteiger partial charge in [-0.05, 0) is 33.2 Å². The molecule has 1 rings (SSSR count). The highest BCUT2D eigenvalue weighted by Crippen LogP contribution is 2.37. The lowest BCUT2D eigenvalue weighted by molar-refractivity contribution is -0.152. The summed E-state index contributed by atoms with van der Waals surface area (Å²) >= 11 is 0. The second-order valence-electron chi connectivity index (χ2n) is 5.30. The Hall–Kier alpha value is -0.570. The van der Waals surface area contributed by atoms with Gasteiger partial charge in [-0.25, -0.2) is 0 Å². The number of carboxylic acid groups (broad SMARTS) is 1. The first kappa shape index (κ1) is 13.5. The second-order valence-corrected chi connectivity index (χ2v) is 5.30. The van der Waals surface area contributed by atoms with Gasteiger partial charge in [0.25, 0.3) is 0 Å². The van der Waals surface area contributed by atoms with E-state index in [1.807, 2.05) is 0 Å². The van der Waals surface area contributed by atoms with Crippen LogP contribution in [0.4, 0.5) is 0 Å². The summed E-state index contributed by atoms with van der Waals surface area (Å²) in [6, 6.07) is 0.433. The maximum absolute atomic E-state index is 11.5. The van der Waals surface area contributed by atoms with E-state index in [-0.39, 0.29) is 0 Å². The van der Waals surface area contributed by atoms with Crippen LogP contribution in [0.3, 0.4) is 0 Å². The van der Waals surface area contributed by atoms with E-state index in [1.54, 1.807) is 0 Å². The van der Waals surface area contributed by atoms with Crippen molar-refractivity contribution in [3.63, 3.8) is 0 Å². The summed E-state index contributed by atoms with van der Waals surface area (Å²) in [5.41, 5.74) is -0.474. The fraction of sp³-hybridized carbons (Fsp3) is 0.923. The number of rotatable bonds is 5. The third-order valence-electron chi connectivity index (χ3n) is 3.91. The van der Waals surface area contributed by atoms with Crippen molar-refractivity contribution in [2.24, 2.45) is 5.41 Å². The van der Waals surface area contributed by atoms with Crippen molar-refractivity contribution < 1.29 is 9.90 Å². The molecule has 1 aliphatic carbocycles. The summed E-state index contributed by atoms with van der Waals surface area (Å²) < 4.78 is 0. The Morgan fingerprint density at radius 3 is 2.25 bits per heavy atom. The van der Waals surface area contributed by atoms with Crippen LogP contribution in [-0.2, 0) is 4.79 Å². The molecule has 0 aliphatic heterocycles. The normalized spacial score (nSPS) is 20.3. The Kier molecular flexibility index (Phi) is 4.78. The Morgan fingerprint density at radius 2 is 1.88 bits per heavy atom. The molecule has 3 heteroatoms. The van der Waals surface area contributed by atoms with Crippen LogP contribution < -0.4 is 0 Å². The number of hydrogen-bond donors (Lipinski definition) is 1. The molecule has 0 aromatic heterocycles. The molecule has 0 aromatic rings. The van der Waals surface area contributed by atoms with Crippen molar-refractivity contribution >= 4 is 5.97 Å². The van der Waals surface area contributed by atoms with Crippen LogP contribution in [0.5, 0.6) is 0 Å². The number of carbonyl (C=O) groups is 1. The molecule has 0 bridgehead atoms. The Balaban J connectivity index is 2.73. The van der Waals surface area contributed by atoms with Crippen LogP contribution in [0.25, 0.3) is 0 Å². The number of nitrogens with zero attached hydrogens (tertiary/aromatic N) is 1. The minimum atomic E-state index is -0.591. The molecular weight excluding hydrogens is 202 g/mol. The summed E-state index contributed by atoms with van der Waals surface area (Å²) in [7, 11) is 0. The van der Waals surface area contributed by atoms with Gasteiger partial charge in [0, 0.05) is 12.6 Å². The smallest absolute Gasteiger partial charge is 0.310 e. The van der Waals surface area contributed by atoms with Crippen molar-refractivity contribution in [3.8, 4) is 0 Å². The van der Waals surface area contributed by atoms with Crippen LogP contribution >= 0.6 is 0 Å². The molecule has 1 N–H and O–H groups in total. The van der Waals surface area contributed by atoms with Crippen LogP contribution in [-0.4, -0.2) is 35.1 Å². The minimum Gasteiger partial charge on any atom is -0.481 e. The quantitative estimate of drug-likeness (QED) is 0.785. The Morgan fingerprint density at radius 1 is 1.31 bits per heavy atom. The molecule has 1 aliphatic rings. The zero-order chi connectivity index (χ0) is 12.2. The van der Waals surface area contributed by atoms with Gasteiger partial charge in [0.15, 0.2) is 0 Å². The second kappa shape index (κ2) is 5.67. The van der Waals surface area contributed by atoms with Gasteiger partial charge < -0.3 is 10.0 Å². The van der Waals surface area contributed by atoms with Crippen molar-refractivity contribution in [2.75, 3.05) is 13.1 Å². The zero-order valence-corrected chi connectivity index (χ0v) is 10.8. The highest BCUT2D eigenvalue weighted by Gasteiger charge is 2.41. The zero-order valence-electron chi connectivity index (χ0n) is 10.8. The molecule has 0 heterocycles. The standard InChI is InChI=1S/C13H25NO2/c1-4-14(11(2)3)10-13(12(15)16)8-6-5-7-9-13/h11H,4-10H2,1-3H3,(H,15,16). The Labute approximate surface area is 98.8 Å². The van der Waals surface area contributed by atoms with E-state index in [2.05, 4.69) is 25.7 Å². The summed E-state index contributed by atoms with van der Waals surface area (Å²) in [5.74, 6) is -0.591. The highest BCUT2D eigenvalue weighted by molar-refractivity contribution is 5.75. The largest absolute Gasteiger partial charge is 0.481 e. The molecule has 0 spiro atoms. The van der Waals surface area contributed by atoms with E-state index in [4.69, 9.17) is 0 Å². The summed E-state index contributed by atoms with van der Waals surface area (Å²) in [4.78, 5) is 13.8. The number of aliphatic carboxylic acids is 1. The SMILES string of the molecule is CCN(CC1(C(=O)O)CCCCC1)C(C)C. The minimum absolute atomic E-state index is 0.433. The van der Waals surface area contributed by atoms with Gasteiger partial charge in [-0.15, -0.1) is 0 Å². The molecule has 0 amide bonds. The fourth-order valence-corrected chi connectivity index (χ4v) is 2.72. The van der Waals surface area contributed by atoms with Crippen molar-refractivity contribution in [2.45, 2.75) is 58.9 Å². The van der Waals surface area contributed by atoms with Gasteiger partial charge in [0.2, 0.25) is 0 Å². The third kappa shape index (κ3) is 2.97. The van der Waals surface area contributed by atoms with E-state index in [1.165, 1.54) is 6.42 Å². The van der Waals surface area contributed by atoms with Crippen molar-refractivity contribution in [1.29, 1.82) is 0 Å². The molecule has 0 unspecified atom stereocenters. The topological polar surface area (TPSA) is 40.5 Å². The molecule has 16 heavy (non-hydrogen) atoms. The Bertz CT molecular complexity index is 232. The number of carboxylic acids is 1.